The van der Waals surface area contributed by atoms with Gasteiger partial charge in [0.05, 0.1) is 30.6 Å². The van der Waals surface area contributed by atoms with E-state index < -0.39 is 10.0 Å². The van der Waals surface area contributed by atoms with Gasteiger partial charge in [-0.15, -0.1) is 0 Å². The molecule has 1 saturated heterocycles. The first kappa shape index (κ1) is 17.6. The smallest absolute Gasteiger partial charge is 0.255 e. The van der Waals surface area contributed by atoms with Crippen molar-refractivity contribution in [2.45, 2.75) is 6.04 Å². The van der Waals surface area contributed by atoms with E-state index in [-0.39, 0.29) is 23.6 Å². The Morgan fingerprint density at radius 1 is 1.43 bits per heavy atom. The molecule has 2 rings (SSSR count). The van der Waals surface area contributed by atoms with E-state index in [1.54, 1.807) is 25.4 Å². The first-order chi connectivity index (χ1) is 10.8. The Morgan fingerprint density at radius 3 is 2.83 bits per heavy atom. The van der Waals surface area contributed by atoms with Gasteiger partial charge in [-0.2, -0.15) is 0 Å². The van der Waals surface area contributed by atoms with Crippen LogP contribution in [0.25, 0.3) is 0 Å². The lowest BCUT2D eigenvalue weighted by Gasteiger charge is -2.21. The van der Waals surface area contributed by atoms with Gasteiger partial charge in [-0.25, -0.2) is 17.7 Å². The molecule has 1 fully saturated rings. The fraction of sp³-hybridized carbons (Fsp3) is 0.571. The van der Waals surface area contributed by atoms with Crippen LogP contribution in [0, 0.1) is 5.92 Å². The lowest BCUT2D eigenvalue weighted by molar-refractivity contribution is 0.0926. The highest BCUT2D eigenvalue weighted by molar-refractivity contribution is 7.89. The van der Waals surface area contributed by atoms with Crippen LogP contribution in [0.1, 0.15) is 10.4 Å². The predicted octanol–water partition coefficient (Wildman–Crippen LogP) is -0.240. The van der Waals surface area contributed by atoms with Gasteiger partial charge in [-0.05, 0) is 12.1 Å². The Bertz CT molecular complexity index is 662. The minimum atomic E-state index is -3.35. The van der Waals surface area contributed by atoms with E-state index in [0.29, 0.717) is 24.6 Å². The fourth-order valence-electron chi connectivity index (χ4n) is 2.38. The van der Waals surface area contributed by atoms with Gasteiger partial charge in [0.25, 0.3) is 5.91 Å². The normalized spacial score (nSPS) is 21.4. The molecule has 1 aliphatic heterocycles. The molecule has 0 saturated carbocycles. The third-order valence-electron chi connectivity index (χ3n) is 3.79. The van der Waals surface area contributed by atoms with Crippen molar-refractivity contribution in [1.29, 1.82) is 0 Å². The number of ether oxygens (including phenoxy) is 1. The maximum atomic E-state index is 12.4. The summed E-state index contributed by atoms with van der Waals surface area (Å²) in [7, 11) is 1.32. The second kappa shape index (κ2) is 7.24. The highest BCUT2D eigenvalue weighted by Crippen LogP contribution is 2.19. The largest absolute Gasteiger partial charge is 0.379 e. The van der Waals surface area contributed by atoms with Crippen molar-refractivity contribution in [2.75, 3.05) is 45.4 Å². The first-order valence-corrected chi connectivity index (χ1v) is 8.87. The fourth-order valence-corrected chi connectivity index (χ4v) is 3.54. The van der Waals surface area contributed by atoms with E-state index in [2.05, 4.69) is 15.6 Å². The standard InChI is InChI=1S/C14H22N4O4S/c1-15-13-11(5-4-6-16-13)14(19)17-12-8-22-7-10(12)9-23(20,21)18(2)3/h4-6,10,12H,7-9H2,1-3H3,(H,15,16)(H,17,19)/t10-,12+/m0/s1. The number of sulfonamides is 1. The van der Waals surface area contributed by atoms with Gasteiger partial charge >= 0.3 is 0 Å². The van der Waals surface area contributed by atoms with Crippen LogP contribution in [0.2, 0.25) is 0 Å². The Balaban J connectivity index is 2.08. The van der Waals surface area contributed by atoms with Crippen LogP contribution in [0.3, 0.4) is 0 Å². The zero-order chi connectivity index (χ0) is 17.0. The van der Waals surface area contributed by atoms with Gasteiger partial charge in [-0.3, -0.25) is 4.79 Å². The Morgan fingerprint density at radius 2 is 2.17 bits per heavy atom. The molecule has 0 aliphatic carbocycles. The number of amides is 1. The quantitative estimate of drug-likeness (QED) is 0.740. The molecule has 0 aromatic carbocycles. The Hall–Kier alpha value is -1.71. The highest BCUT2D eigenvalue weighted by atomic mass is 32.2. The summed E-state index contributed by atoms with van der Waals surface area (Å²) < 4.78 is 30.6. The second-order valence-electron chi connectivity index (χ2n) is 5.59. The van der Waals surface area contributed by atoms with Gasteiger partial charge in [0.2, 0.25) is 10.0 Å². The summed E-state index contributed by atoms with van der Waals surface area (Å²) in [5.41, 5.74) is 0.413. The molecule has 128 valence electrons. The van der Waals surface area contributed by atoms with Crippen LogP contribution in [0.15, 0.2) is 18.3 Å². The van der Waals surface area contributed by atoms with Crippen molar-refractivity contribution in [2.24, 2.45) is 5.92 Å². The van der Waals surface area contributed by atoms with E-state index in [1.807, 2.05) is 0 Å². The minimum absolute atomic E-state index is 0.0587. The molecule has 23 heavy (non-hydrogen) atoms. The molecule has 1 amide bonds. The molecule has 2 heterocycles. The number of pyridine rings is 1. The molecular formula is C14H22N4O4S. The molecule has 9 heteroatoms. The molecule has 0 bridgehead atoms. The summed E-state index contributed by atoms with van der Waals surface area (Å²) in [5, 5.41) is 5.71. The predicted molar refractivity (Wildman–Crippen MR) is 86.8 cm³/mol. The number of nitrogens with one attached hydrogen (secondary N) is 2. The second-order valence-corrected chi connectivity index (χ2v) is 7.82. The number of anilines is 1. The van der Waals surface area contributed by atoms with Gasteiger partial charge in [0.15, 0.2) is 0 Å². The lowest BCUT2D eigenvalue weighted by Crippen LogP contribution is -2.43. The third kappa shape index (κ3) is 4.18. The molecule has 0 spiro atoms. The van der Waals surface area contributed by atoms with Crippen LogP contribution >= 0.6 is 0 Å². The number of rotatable bonds is 6. The number of carbonyl (C=O) groups is 1. The van der Waals surface area contributed by atoms with Crippen LogP contribution in [-0.2, 0) is 14.8 Å². The molecule has 1 aromatic rings. The van der Waals surface area contributed by atoms with Crippen molar-refractivity contribution >= 4 is 21.7 Å². The average molecular weight is 342 g/mol. The lowest BCUT2D eigenvalue weighted by atomic mass is 10.1. The Kier molecular flexibility index (Phi) is 5.55. The Labute approximate surface area is 136 Å². The molecule has 1 aliphatic rings. The summed E-state index contributed by atoms with van der Waals surface area (Å²) in [5.74, 6) is -0.163. The molecule has 0 radical (unpaired) electrons. The highest BCUT2D eigenvalue weighted by Gasteiger charge is 2.34. The molecule has 0 unspecified atom stereocenters. The van der Waals surface area contributed by atoms with Gasteiger partial charge in [0, 0.05) is 33.3 Å². The van der Waals surface area contributed by atoms with Gasteiger partial charge < -0.3 is 15.4 Å². The molecule has 2 N–H and O–H groups in total. The van der Waals surface area contributed by atoms with Crippen LogP contribution < -0.4 is 10.6 Å². The number of aromatic nitrogens is 1. The van der Waals surface area contributed by atoms with Crippen molar-refractivity contribution in [3.8, 4) is 0 Å². The molecule has 2 atom stereocenters. The van der Waals surface area contributed by atoms with E-state index in [9.17, 15) is 13.2 Å². The van der Waals surface area contributed by atoms with Crippen molar-refractivity contribution in [3.05, 3.63) is 23.9 Å². The van der Waals surface area contributed by atoms with E-state index in [1.165, 1.54) is 18.4 Å². The summed E-state index contributed by atoms with van der Waals surface area (Å²) in [6.07, 6.45) is 1.59. The third-order valence-corrected chi connectivity index (χ3v) is 5.75. The van der Waals surface area contributed by atoms with E-state index >= 15 is 0 Å². The van der Waals surface area contributed by atoms with E-state index in [0.717, 1.165) is 0 Å². The van der Waals surface area contributed by atoms with Gasteiger partial charge in [0.1, 0.15) is 5.82 Å². The minimum Gasteiger partial charge on any atom is -0.379 e. The van der Waals surface area contributed by atoms with E-state index in [4.69, 9.17) is 4.74 Å². The topological polar surface area (TPSA) is 101 Å². The van der Waals surface area contributed by atoms with Crippen molar-refractivity contribution < 1.29 is 17.9 Å². The van der Waals surface area contributed by atoms with Crippen molar-refractivity contribution in [3.63, 3.8) is 0 Å². The van der Waals surface area contributed by atoms with Gasteiger partial charge in [-0.1, -0.05) is 0 Å². The molecule has 1 aromatic heterocycles. The molecular weight excluding hydrogens is 320 g/mol. The summed E-state index contributed by atoms with van der Waals surface area (Å²) in [4.78, 5) is 16.5. The monoisotopic (exact) mass is 342 g/mol. The number of nitrogens with zero attached hydrogens (tertiary/aromatic N) is 2. The van der Waals surface area contributed by atoms with Crippen LogP contribution in [-0.4, -0.2) is 69.8 Å². The SMILES string of the molecule is CNc1ncccc1C(=O)N[C@@H]1COC[C@H]1CS(=O)(=O)N(C)C. The maximum absolute atomic E-state index is 12.4. The molecule has 8 nitrogen and oxygen atoms in total. The first-order valence-electron chi connectivity index (χ1n) is 7.26. The number of hydrogen-bond acceptors (Lipinski definition) is 6. The zero-order valence-corrected chi connectivity index (χ0v) is 14.3. The summed E-state index contributed by atoms with van der Waals surface area (Å²) in [6.45, 7) is 0.610. The average Bonchev–Trinajstić information content (AvgIpc) is 2.93. The number of hydrogen-bond donors (Lipinski definition) is 2. The number of carbonyl (C=O) groups excluding carboxylic acids is 1. The van der Waals surface area contributed by atoms with Crippen LogP contribution in [0.5, 0.6) is 0 Å². The van der Waals surface area contributed by atoms with Crippen LogP contribution in [0.4, 0.5) is 5.82 Å². The van der Waals surface area contributed by atoms with Crippen molar-refractivity contribution in [1.82, 2.24) is 14.6 Å². The summed E-state index contributed by atoms with van der Waals surface area (Å²) in [6, 6.07) is 2.99. The summed E-state index contributed by atoms with van der Waals surface area (Å²) >= 11 is 0. The maximum Gasteiger partial charge on any atom is 0.255 e. The zero-order valence-electron chi connectivity index (χ0n) is 13.4.